The molecule has 0 bridgehead atoms. The quantitative estimate of drug-likeness (QED) is 0.792. The summed E-state index contributed by atoms with van der Waals surface area (Å²) < 4.78 is 0.831. The van der Waals surface area contributed by atoms with Gasteiger partial charge in [-0.2, -0.15) is 0 Å². The first-order valence-electron chi connectivity index (χ1n) is 7.44. The van der Waals surface area contributed by atoms with Gasteiger partial charge in [0.15, 0.2) is 0 Å². The van der Waals surface area contributed by atoms with Crippen molar-refractivity contribution in [3.05, 3.63) is 28.2 Å². The van der Waals surface area contributed by atoms with Gasteiger partial charge in [0.25, 0.3) is 5.91 Å². The Balaban J connectivity index is 1.71. The molecule has 2 aliphatic rings. The summed E-state index contributed by atoms with van der Waals surface area (Å²) in [5.74, 6) is 0.108. The smallest absolute Gasteiger partial charge is 0.255 e. The molecule has 0 aromatic heterocycles. The van der Waals surface area contributed by atoms with Crippen molar-refractivity contribution in [2.75, 3.05) is 18.8 Å². The lowest BCUT2D eigenvalue weighted by Gasteiger charge is -2.39. The third-order valence-electron chi connectivity index (χ3n) is 5.00. The predicted molar refractivity (Wildman–Crippen MR) is 84.6 cm³/mol. The fourth-order valence-electron chi connectivity index (χ4n) is 3.69. The lowest BCUT2D eigenvalue weighted by Crippen LogP contribution is -2.42. The van der Waals surface area contributed by atoms with Gasteiger partial charge < -0.3 is 10.6 Å². The second-order valence-electron chi connectivity index (χ2n) is 6.24. The Morgan fingerprint density at radius 1 is 1.15 bits per heavy atom. The number of hydrogen-bond acceptors (Lipinski definition) is 2. The van der Waals surface area contributed by atoms with E-state index in [1.165, 1.54) is 38.5 Å². The summed E-state index contributed by atoms with van der Waals surface area (Å²) in [4.78, 5) is 14.6. The summed E-state index contributed by atoms with van der Waals surface area (Å²) in [5.41, 5.74) is 7.67. The van der Waals surface area contributed by atoms with E-state index < -0.39 is 0 Å². The number of hydrogen-bond donors (Lipinski definition) is 1. The Morgan fingerprint density at radius 3 is 2.45 bits per heavy atom. The van der Waals surface area contributed by atoms with E-state index in [9.17, 15) is 4.79 Å². The molecule has 1 aromatic carbocycles. The minimum absolute atomic E-state index is 0.108. The molecule has 0 unspecified atom stereocenters. The minimum Gasteiger partial charge on any atom is -0.399 e. The second-order valence-corrected chi connectivity index (χ2v) is 7.09. The maximum absolute atomic E-state index is 12.6. The van der Waals surface area contributed by atoms with E-state index >= 15 is 0 Å². The summed E-state index contributed by atoms with van der Waals surface area (Å²) in [6, 6.07) is 5.43. The fourth-order valence-corrected chi connectivity index (χ4v) is 4.10. The van der Waals surface area contributed by atoms with Crippen LogP contribution in [-0.2, 0) is 0 Å². The van der Waals surface area contributed by atoms with Gasteiger partial charge in [0, 0.05) is 23.2 Å². The van der Waals surface area contributed by atoms with Gasteiger partial charge in [0.05, 0.1) is 5.56 Å². The number of benzene rings is 1. The first kappa shape index (κ1) is 13.9. The fraction of sp³-hybridized carbons (Fsp3) is 0.562. The van der Waals surface area contributed by atoms with E-state index in [0.717, 1.165) is 17.6 Å². The molecule has 2 N–H and O–H groups in total. The number of piperidine rings is 1. The molecule has 108 valence electrons. The Hall–Kier alpha value is -1.03. The molecule has 1 aromatic rings. The molecule has 1 heterocycles. The molecule has 3 rings (SSSR count). The second kappa shape index (κ2) is 5.40. The number of nitrogens with two attached hydrogens (primary N) is 1. The Bertz CT molecular complexity index is 513. The molecule has 1 spiro atoms. The Morgan fingerprint density at radius 2 is 1.80 bits per heavy atom. The van der Waals surface area contributed by atoms with Crippen molar-refractivity contribution in [2.24, 2.45) is 5.41 Å². The van der Waals surface area contributed by atoms with Gasteiger partial charge in [-0.05, 0) is 65.2 Å². The number of likely N-dealkylation sites (tertiary alicyclic amines) is 1. The first-order valence-corrected chi connectivity index (χ1v) is 8.23. The highest BCUT2D eigenvalue weighted by molar-refractivity contribution is 9.10. The summed E-state index contributed by atoms with van der Waals surface area (Å²) >= 11 is 3.45. The minimum atomic E-state index is 0.108. The van der Waals surface area contributed by atoms with E-state index in [1.807, 2.05) is 17.0 Å². The number of amides is 1. The van der Waals surface area contributed by atoms with Crippen molar-refractivity contribution < 1.29 is 4.79 Å². The van der Waals surface area contributed by atoms with Gasteiger partial charge in [-0.15, -0.1) is 0 Å². The highest BCUT2D eigenvalue weighted by Gasteiger charge is 2.38. The first-order chi connectivity index (χ1) is 9.60. The molecule has 1 saturated heterocycles. The topological polar surface area (TPSA) is 46.3 Å². The van der Waals surface area contributed by atoms with Crippen molar-refractivity contribution in [3.63, 3.8) is 0 Å². The number of carbonyl (C=O) groups excluding carboxylic acids is 1. The van der Waals surface area contributed by atoms with Crippen LogP contribution >= 0.6 is 15.9 Å². The zero-order valence-corrected chi connectivity index (χ0v) is 13.3. The largest absolute Gasteiger partial charge is 0.399 e. The summed E-state index contributed by atoms with van der Waals surface area (Å²) in [5, 5.41) is 0. The van der Waals surface area contributed by atoms with Gasteiger partial charge in [-0.1, -0.05) is 12.8 Å². The monoisotopic (exact) mass is 336 g/mol. The zero-order chi connectivity index (χ0) is 14.2. The molecule has 0 radical (unpaired) electrons. The van der Waals surface area contributed by atoms with Gasteiger partial charge in [-0.3, -0.25) is 4.79 Å². The molecule has 1 amide bonds. The molecule has 0 atom stereocenters. The number of anilines is 1. The van der Waals surface area contributed by atoms with Crippen molar-refractivity contribution >= 4 is 27.5 Å². The third kappa shape index (κ3) is 2.58. The third-order valence-corrected chi connectivity index (χ3v) is 5.69. The maximum Gasteiger partial charge on any atom is 0.255 e. The normalized spacial score (nSPS) is 21.4. The van der Waals surface area contributed by atoms with E-state index in [4.69, 9.17) is 5.73 Å². The van der Waals surface area contributed by atoms with Crippen LogP contribution in [0.2, 0.25) is 0 Å². The zero-order valence-electron chi connectivity index (χ0n) is 11.7. The molecule has 2 fully saturated rings. The lowest BCUT2D eigenvalue weighted by molar-refractivity contribution is 0.0586. The molecular weight excluding hydrogens is 316 g/mol. The van der Waals surface area contributed by atoms with E-state index in [0.29, 0.717) is 16.7 Å². The molecule has 20 heavy (non-hydrogen) atoms. The predicted octanol–water partition coefficient (Wildman–Crippen LogP) is 3.83. The van der Waals surface area contributed by atoms with Crippen molar-refractivity contribution in [3.8, 4) is 0 Å². The van der Waals surface area contributed by atoms with Crippen molar-refractivity contribution in [1.82, 2.24) is 4.90 Å². The van der Waals surface area contributed by atoms with Crippen LogP contribution in [0.1, 0.15) is 48.9 Å². The Kier molecular flexibility index (Phi) is 3.76. The SMILES string of the molecule is Nc1ccc(Br)c(C(=O)N2CCC3(CCCC3)CC2)c1. The lowest BCUT2D eigenvalue weighted by atomic mass is 9.77. The number of halogens is 1. The average molecular weight is 337 g/mol. The summed E-state index contributed by atoms with van der Waals surface area (Å²) in [6.07, 6.45) is 7.79. The standard InChI is InChI=1S/C16H21BrN2O/c17-14-4-3-12(18)11-13(14)15(20)19-9-7-16(8-10-19)5-1-2-6-16/h3-4,11H,1-2,5-10,18H2. The molecular formula is C16H21BrN2O. The number of carbonyl (C=O) groups is 1. The van der Waals surface area contributed by atoms with Crippen LogP contribution in [-0.4, -0.2) is 23.9 Å². The molecule has 1 aliphatic carbocycles. The van der Waals surface area contributed by atoms with Crippen LogP contribution in [0.5, 0.6) is 0 Å². The molecule has 4 heteroatoms. The number of nitrogen functional groups attached to an aromatic ring is 1. The van der Waals surface area contributed by atoms with Gasteiger partial charge >= 0.3 is 0 Å². The van der Waals surface area contributed by atoms with Crippen LogP contribution < -0.4 is 5.73 Å². The van der Waals surface area contributed by atoms with Crippen LogP contribution in [0.3, 0.4) is 0 Å². The summed E-state index contributed by atoms with van der Waals surface area (Å²) in [7, 11) is 0. The van der Waals surface area contributed by atoms with E-state index in [-0.39, 0.29) is 5.91 Å². The van der Waals surface area contributed by atoms with E-state index in [2.05, 4.69) is 15.9 Å². The highest BCUT2D eigenvalue weighted by Crippen LogP contribution is 2.46. The summed E-state index contributed by atoms with van der Waals surface area (Å²) in [6.45, 7) is 1.78. The van der Waals surface area contributed by atoms with Crippen LogP contribution in [0.15, 0.2) is 22.7 Å². The number of rotatable bonds is 1. The van der Waals surface area contributed by atoms with Gasteiger partial charge in [0.2, 0.25) is 0 Å². The van der Waals surface area contributed by atoms with Gasteiger partial charge in [0.1, 0.15) is 0 Å². The molecule has 1 aliphatic heterocycles. The van der Waals surface area contributed by atoms with Crippen LogP contribution in [0, 0.1) is 5.41 Å². The maximum atomic E-state index is 12.6. The van der Waals surface area contributed by atoms with E-state index in [1.54, 1.807) is 6.07 Å². The molecule has 1 saturated carbocycles. The Labute approximate surface area is 128 Å². The highest BCUT2D eigenvalue weighted by atomic mass is 79.9. The van der Waals surface area contributed by atoms with Crippen molar-refractivity contribution in [2.45, 2.75) is 38.5 Å². The molecule has 3 nitrogen and oxygen atoms in total. The van der Waals surface area contributed by atoms with Crippen molar-refractivity contribution in [1.29, 1.82) is 0 Å². The number of nitrogens with zero attached hydrogens (tertiary/aromatic N) is 1. The van der Waals surface area contributed by atoms with Crippen LogP contribution in [0.25, 0.3) is 0 Å². The van der Waals surface area contributed by atoms with Gasteiger partial charge in [-0.25, -0.2) is 0 Å². The average Bonchev–Trinajstić information content (AvgIpc) is 2.90. The van der Waals surface area contributed by atoms with Crippen LogP contribution in [0.4, 0.5) is 5.69 Å².